The summed E-state index contributed by atoms with van der Waals surface area (Å²) >= 11 is 0. The summed E-state index contributed by atoms with van der Waals surface area (Å²) in [6.45, 7) is 0.141. The number of carbonyl (C=O) groups is 1. The van der Waals surface area contributed by atoms with Crippen LogP contribution in [0.3, 0.4) is 0 Å². The summed E-state index contributed by atoms with van der Waals surface area (Å²) in [4.78, 5) is 12.3. The highest BCUT2D eigenvalue weighted by atomic mass is 19.1. The van der Waals surface area contributed by atoms with Crippen molar-refractivity contribution in [2.24, 2.45) is 0 Å². The molecule has 0 bridgehead atoms. The molecule has 3 aromatic rings. The normalized spacial score (nSPS) is 11.9. The smallest absolute Gasteiger partial charge is 0.257 e. The number of halogens is 1. The van der Waals surface area contributed by atoms with Gasteiger partial charge in [0, 0.05) is 5.56 Å². The zero-order chi connectivity index (χ0) is 17.9. The van der Waals surface area contributed by atoms with Crippen molar-refractivity contribution in [2.45, 2.75) is 0 Å². The fourth-order valence-electron chi connectivity index (χ4n) is 2.39. The van der Waals surface area contributed by atoms with Crippen molar-refractivity contribution in [3.63, 3.8) is 0 Å². The molecule has 2 heterocycles. The third kappa shape index (κ3) is 3.25. The van der Waals surface area contributed by atoms with Crippen molar-refractivity contribution in [1.82, 2.24) is 10.2 Å². The fourth-order valence-corrected chi connectivity index (χ4v) is 2.39. The van der Waals surface area contributed by atoms with Gasteiger partial charge in [-0.05, 0) is 42.5 Å². The van der Waals surface area contributed by atoms with E-state index in [4.69, 9.17) is 9.47 Å². The van der Waals surface area contributed by atoms with Gasteiger partial charge in [0.25, 0.3) is 5.91 Å². The second-order valence-electron chi connectivity index (χ2n) is 5.43. The minimum absolute atomic E-state index is 0.141. The molecule has 0 radical (unpaired) electrons. The molecule has 0 saturated heterocycles. The van der Waals surface area contributed by atoms with E-state index in [-0.39, 0.29) is 18.5 Å². The van der Waals surface area contributed by atoms with Crippen molar-refractivity contribution >= 4 is 23.2 Å². The molecule has 2 aromatic carbocycles. The number of rotatable bonds is 4. The Morgan fingerprint density at radius 3 is 2.54 bits per heavy atom. The number of benzene rings is 2. The van der Waals surface area contributed by atoms with E-state index < -0.39 is 5.82 Å². The van der Waals surface area contributed by atoms with Crippen LogP contribution in [0, 0.1) is 5.82 Å². The summed E-state index contributed by atoms with van der Waals surface area (Å²) in [5, 5.41) is 13.3. The molecule has 0 atom stereocenters. The number of aromatic nitrogens is 2. The first kappa shape index (κ1) is 15.8. The zero-order valence-corrected chi connectivity index (χ0v) is 13.4. The molecule has 0 spiro atoms. The Hall–Kier alpha value is -3.68. The average Bonchev–Trinajstić information content (AvgIpc) is 3.13. The lowest BCUT2D eigenvalue weighted by molar-refractivity contribution is 0.102. The van der Waals surface area contributed by atoms with E-state index in [0.717, 1.165) is 0 Å². The summed E-state index contributed by atoms with van der Waals surface area (Å²) in [6.07, 6.45) is 0. The molecule has 8 heteroatoms. The van der Waals surface area contributed by atoms with E-state index >= 15 is 0 Å². The Morgan fingerprint density at radius 1 is 0.962 bits per heavy atom. The first-order valence-corrected chi connectivity index (χ1v) is 7.75. The molecule has 2 N–H and O–H groups in total. The maximum absolute atomic E-state index is 13.6. The molecule has 0 unspecified atom stereocenters. The van der Waals surface area contributed by atoms with Gasteiger partial charge in [0.05, 0.1) is 5.69 Å². The number of nitrogens with one attached hydrogen (secondary N) is 2. The lowest BCUT2D eigenvalue weighted by Gasteiger charge is -2.07. The Bertz CT molecular complexity index is 963. The average molecular weight is 352 g/mol. The van der Waals surface area contributed by atoms with Gasteiger partial charge in [-0.3, -0.25) is 4.79 Å². The molecule has 4 rings (SSSR count). The van der Waals surface area contributed by atoms with Crippen molar-refractivity contribution in [3.8, 4) is 11.5 Å². The Morgan fingerprint density at radius 2 is 1.73 bits per heavy atom. The van der Waals surface area contributed by atoms with E-state index in [9.17, 15) is 9.18 Å². The van der Waals surface area contributed by atoms with E-state index in [1.807, 2.05) is 0 Å². The first-order chi connectivity index (χ1) is 12.7. The highest BCUT2D eigenvalue weighted by molar-refractivity contribution is 6.04. The van der Waals surface area contributed by atoms with Crippen molar-refractivity contribution in [2.75, 3.05) is 17.4 Å². The van der Waals surface area contributed by atoms with Gasteiger partial charge < -0.3 is 20.1 Å². The number of anilines is 3. The molecule has 1 aliphatic rings. The quantitative estimate of drug-likeness (QED) is 0.749. The highest BCUT2D eigenvalue weighted by Gasteiger charge is 2.16. The molecular formula is C18H13FN4O3. The van der Waals surface area contributed by atoms with Crippen molar-refractivity contribution in [3.05, 3.63) is 66.0 Å². The number of fused-ring (bicyclic) bond motifs is 1. The molecule has 1 amide bonds. The Balaban J connectivity index is 1.44. The lowest BCUT2D eigenvalue weighted by atomic mass is 10.2. The molecule has 7 nitrogen and oxygen atoms in total. The van der Waals surface area contributed by atoms with E-state index in [1.54, 1.807) is 48.5 Å². The summed E-state index contributed by atoms with van der Waals surface area (Å²) in [5.74, 6) is 1.00. The largest absolute Gasteiger partial charge is 0.454 e. The molecule has 26 heavy (non-hydrogen) atoms. The van der Waals surface area contributed by atoms with Crippen LogP contribution in [0.1, 0.15) is 10.4 Å². The predicted octanol–water partition coefficient (Wildman–Crippen LogP) is 3.34. The summed E-state index contributed by atoms with van der Waals surface area (Å²) < 4.78 is 24.1. The molecule has 0 saturated carbocycles. The molecule has 1 aromatic heterocycles. The second-order valence-corrected chi connectivity index (χ2v) is 5.43. The van der Waals surface area contributed by atoms with Crippen LogP contribution in [-0.2, 0) is 0 Å². The first-order valence-electron chi connectivity index (χ1n) is 7.75. The molecule has 0 fully saturated rings. The molecule has 0 aliphatic carbocycles. The van der Waals surface area contributed by atoms with Gasteiger partial charge >= 0.3 is 0 Å². The van der Waals surface area contributed by atoms with Crippen LogP contribution in [0.4, 0.5) is 21.7 Å². The summed E-state index contributed by atoms with van der Waals surface area (Å²) in [5.41, 5.74) is 0.698. The van der Waals surface area contributed by atoms with E-state index in [0.29, 0.717) is 28.6 Å². The van der Waals surface area contributed by atoms with E-state index in [2.05, 4.69) is 20.8 Å². The zero-order valence-electron chi connectivity index (χ0n) is 13.4. The van der Waals surface area contributed by atoms with Gasteiger partial charge in [0.1, 0.15) is 5.82 Å². The molecule has 1 aliphatic heterocycles. The third-order valence-electron chi connectivity index (χ3n) is 3.68. The van der Waals surface area contributed by atoms with Gasteiger partial charge in [0.2, 0.25) is 6.79 Å². The van der Waals surface area contributed by atoms with Gasteiger partial charge in [-0.1, -0.05) is 12.1 Å². The van der Waals surface area contributed by atoms with Crippen LogP contribution in [0.5, 0.6) is 11.5 Å². The maximum Gasteiger partial charge on any atom is 0.257 e. The van der Waals surface area contributed by atoms with E-state index in [1.165, 1.54) is 6.07 Å². The number of para-hydroxylation sites is 1. The Kier molecular flexibility index (Phi) is 4.06. The van der Waals surface area contributed by atoms with Gasteiger partial charge in [-0.25, -0.2) is 4.39 Å². The van der Waals surface area contributed by atoms with Crippen LogP contribution < -0.4 is 20.1 Å². The Labute approximate surface area is 147 Å². The van der Waals surface area contributed by atoms with Crippen LogP contribution >= 0.6 is 0 Å². The van der Waals surface area contributed by atoms with Crippen molar-refractivity contribution < 1.29 is 18.7 Å². The predicted molar refractivity (Wildman–Crippen MR) is 92.2 cm³/mol. The summed E-state index contributed by atoms with van der Waals surface area (Å²) in [7, 11) is 0. The third-order valence-corrected chi connectivity index (χ3v) is 3.68. The van der Waals surface area contributed by atoms with Gasteiger partial charge in [-0.2, -0.15) is 0 Å². The maximum atomic E-state index is 13.6. The summed E-state index contributed by atoms with van der Waals surface area (Å²) in [6, 6.07) is 14.3. The monoisotopic (exact) mass is 352 g/mol. The SMILES string of the molecule is O=C(Nc1ccc(Nc2ccccc2F)nn1)c1ccc2c(c1)OCO2. The molecule has 130 valence electrons. The number of nitrogens with zero attached hydrogens (tertiary/aromatic N) is 2. The number of hydrogen-bond donors (Lipinski definition) is 2. The van der Waals surface area contributed by atoms with Gasteiger partial charge in [-0.15, -0.1) is 10.2 Å². The number of ether oxygens (including phenoxy) is 2. The number of carbonyl (C=O) groups excluding carboxylic acids is 1. The van der Waals surface area contributed by atoms with Gasteiger partial charge in [0.15, 0.2) is 23.1 Å². The van der Waals surface area contributed by atoms with Crippen LogP contribution in [0.15, 0.2) is 54.6 Å². The second kappa shape index (κ2) is 6.67. The number of hydrogen-bond acceptors (Lipinski definition) is 6. The van der Waals surface area contributed by atoms with Crippen LogP contribution in [0.25, 0.3) is 0 Å². The van der Waals surface area contributed by atoms with Crippen LogP contribution in [0.2, 0.25) is 0 Å². The topological polar surface area (TPSA) is 85.4 Å². The van der Waals surface area contributed by atoms with Crippen LogP contribution in [-0.4, -0.2) is 22.9 Å². The highest BCUT2D eigenvalue weighted by Crippen LogP contribution is 2.32. The van der Waals surface area contributed by atoms with Crippen molar-refractivity contribution in [1.29, 1.82) is 0 Å². The minimum atomic E-state index is -0.394. The number of amides is 1. The standard InChI is InChI=1S/C18H13FN4O3/c19-12-3-1-2-4-13(12)20-16-7-8-17(23-22-16)21-18(24)11-5-6-14-15(9-11)26-10-25-14/h1-9H,10H2,(H,20,22)(H,21,23,24). The fraction of sp³-hybridized carbons (Fsp3) is 0.0556. The molecular weight excluding hydrogens is 339 g/mol. The lowest BCUT2D eigenvalue weighted by Crippen LogP contribution is -2.13. The minimum Gasteiger partial charge on any atom is -0.454 e.